The Morgan fingerprint density at radius 3 is 2.50 bits per heavy atom. The largest absolute Gasteiger partial charge is 0.487 e. The number of rotatable bonds is 22. The smallest absolute Gasteiger partial charge is 0.410 e. The van der Waals surface area contributed by atoms with Crippen LogP contribution in [0.3, 0.4) is 0 Å². The zero-order valence-electron chi connectivity index (χ0n) is 36.5. The molecule has 1 aliphatic heterocycles. The number of oxime groups is 1. The maximum Gasteiger partial charge on any atom is 0.410 e. The Hall–Kier alpha value is -5.27. The number of aliphatic hydroxyl groups excluding tert-OH is 2. The van der Waals surface area contributed by atoms with Gasteiger partial charge in [0.2, 0.25) is 5.79 Å². The van der Waals surface area contributed by atoms with E-state index in [-0.39, 0.29) is 76.2 Å². The molecule has 0 bridgehead atoms. The minimum Gasteiger partial charge on any atom is -0.487 e. The van der Waals surface area contributed by atoms with Crippen LogP contribution in [0.4, 0.5) is 9.18 Å². The summed E-state index contributed by atoms with van der Waals surface area (Å²) in [6, 6.07) is 26.6. The van der Waals surface area contributed by atoms with Gasteiger partial charge in [-0.3, -0.25) is 9.88 Å². The number of fused-ring (bicyclic) bond motifs is 2. The fraction of sp³-hybridized carbons (Fsp3) is 0.431. The molecule has 340 valence electrons. The zero-order valence-corrected chi connectivity index (χ0v) is 37.2. The average Bonchev–Trinajstić information content (AvgIpc) is 3.31. The van der Waals surface area contributed by atoms with E-state index in [0.717, 1.165) is 53.8 Å². The Balaban J connectivity index is 1.43. The second-order valence-electron chi connectivity index (χ2n) is 16.6. The van der Waals surface area contributed by atoms with Crippen molar-refractivity contribution in [3.05, 3.63) is 149 Å². The van der Waals surface area contributed by atoms with Crippen molar-refractivity contribution in [1.82, 2.24) is 9.88 Å². The summed E-state index contributed by atoms with van der Waals surface area (Å²) in [5.41, 5.74) is 5.74. The molecular weight excluding hydrogens is 837 g/mol. The number of aliphatic hydroxyl groups is 2. The van der Waals surface area contributed by atoms with Gasteiger partial charge in [-0.1, -0.05) is 78.7 Å². The number of hydrogen-bond acceptors (Lipinski definition) is 10. The molecular formula is C51H59ClFN3O8. The highest BCUT2D eigenvalue weighted by atomic mass is 35.5. The monoisotopic (exact) mass is 895 g/mol. The third-order valence-electron chi connectivity index (χ3n) is 12.4. The number of pyridine rings is 1. The highest BCUT2D eigenvalue weighted by Crippen LogP contribution is 2.62. The molecule has 2 heterocycles. The first-order valence-corrected chi connectivity index (χ1v) is 22.9. The zero-order chi connectivity index (χ0) is 44.9. The van der Waals surface area contributed by atoms with Gasteiger partial charge in [-0.25, -0.2) is 9.18 Å². The molecule has 3 aromatic carbocycles. The van der Waals surface area contributed by atoms with Gasteiger partial charge >= 0.3 is 6.09 Å². The molecule has 1 saturated carbocycles. The van der Waals surface area contributed by atoms with E-state index >= 15 is 0 Å². The van der Waals surface area contributed by atoms with Gasteiger partial charge in [-0.2, -0.15) is 0 Å². The van der Waals surface area contributed by atoms with Crippen LogP contribution in [-0.2, 0) is 34.1 Å². The molecule has 6 unspecified atom stereocenters. The maximum atomic E-state index is 14.5. The molecule has 0 saturated heterocycles. The summed E-state index contributed by atoms with van der Waals surface area (Å²) in [6.45, 7) is 6.66. The molecule has 1 amide bonds. The second kappa shape index (κ2) is 22.6. The van der Waals surface area contributed by atoms with Crippen LogP contribution < -0.4 is 9.47 Å². The number of carbonyl (C=O) groups excluding carboxylic acids is 1. The summed E-state index contributed by atoms with van der Waals surface area (Å²) in [4.78, 5) is 27.0. The van der Waals surface area contributed by atoms with Crippen molar-refractivity contribution in [2.45, 2.75) is 89.4 Å². The minimum absolute atomic E-state index is 0.000948. The summed E-state index contributed by atoms with van der Waals surface area (Å²) in [7, 11) is 0. The first-order chi connectivity index (χ1) is 31.3. The number of aromatic nitrogens is 1. The van der Waals surface area contributed by atoms with E-state index in [4.69, 9.17) is 40.5 Å². The van der Waals surface area contributed by atoms with Gasteiger partial charge in [0.15, 0.2) is 0 Å². The van der Waals surface area contributed by atoms with E-state index in [1.165, 1.54) is 12.1 Å². The molecule has 1 aromatic heterocycles. The number of unbranched alkanes of at least 4 members (excludes halogenated alkanes) is 2. The lowest BCUT2D eigenvalue weighted by molar-refractivity contribution is -0.256. The van der Waals surface area contributed by atoms with Gasteiger partial charge < -0.3 is 34.0 Å². The van der Waals surface area contributed by atoms with Crippen molar-refractivity contribution in [1.29, 1.82) is 0 Å². The number of allylic oxidation sites excluding steroid dienone is 1. The van der Waals surface area contributed by atoms with Crippen molar-refractivity contribution in [2.75, 3.05) is 32.3 Å². The fourth-order valence-corrected chi connectivity index (χ4v) is 9.71. The summed E-state index contributed by atoms with van der Waals surface area (Å²) >= 11 is 6.09. The Bertz CT molecular complexity index is 2230. The van der Waals surface area contributed by atoms with Crippen molar-refractivity contribution in [3.63, 3.8) is 0 Å². The third kappa shape index (κ3) is 11.0. The minimum atomic E-state index is -1.53. The van der Waals surface area contributed by atoms with Gasteiger partial charge in [-0.15, -0.1) is 18.2 Å². The lowest BCUT2D eigenvalue weighted by atomic mass is 9.55. The van der Waals surface area contributed by atoms with Gasteiger partial charge in [0, 0.05) is 43.4 Å². The van der Waals surface area contributed by atoms with E-state index in [9.17, 15) is 19.4 Å². The quantitative estimate of drug-likeness (QED) is 0.0343. The Morgan fingerprint density at radius 1 is 0.984 bits per heavy atom. The normalized spacial score (nSPS) is 22.7. The molecule has 2 aliphatic carbocycles. The van der Waals surface area contributed by atoms with Crippen LogP contribution in [0.25, 0.3) is 0 Å². The number of nitrogens with zero attached hydrogens (tertiary/aromatic N) is 3. The molecule has 0 spiro atoms. The lowest BCUT2D eigenvalue weighted by Gasteiger charge is -2.59. The predicted molar refractivity (Wildman–Crippen MR) is 244 cm³/mol. The highest BCUT2D eigenvalue weighted by molar-refractivity contribution is 6.18. The van der Waals surface area contributed by atoms with Crippen molar-refractivity contribution >= 4 is 23.4 Å². The number of halogens is 2. The van der Waals surface area contributed by atoms with E-state index in [0.29, 0.717) is 35.6 Å². The Morgan fingerprint density at radius 2 is 1.77 bits per heavy atom. The third-order valence-corrected chi connectivity index (χ3v) is 12.6. The van der Waals surface area contributed by atoms with Gasteiger partial charge in [0.1, 0.15) is 43.2 Å². The van der Waals surface area contributed by atoms with Crippen molar-refractivity contribution < 1.29 is 43.2 Å². The molecule has 1 fully saturated rings. The Labute approximate surface area is 380 Å². The van der Waals surface area contributed by atoms with Crippen LogP contribution in [0.5, 0.6) is 11.5 Å². The molecule has 11 nitrogen and oxygen atoms in total. The molecule has 7 rings (SSSR count). The van der Waals surface area contributed by atoms with Crippen LogP contribution in [0.1, 0.15) is 78.9 Å². The topological polar surface area (TPSA) is 132 Å². The fourth-order valence-electron chi connectivity index (χ4n) is 9.63. The number of hydrogen-bond donors (Lipinski definition) is 2. The molecule has 2 N–H and O–H groups in total. The SMILES string of the molecule is C=CCOC12Oc3ccc(OCc4cccc(C)n4)cc3C3C(CCCCO)C(CCCCO)C=C(C(=NOCc4ccccc4)CC1N(Cc1ccc(F)cc1)C(=O)OCCCl)C32. The number of ether oxygens (including phenoxy) is 4. The summed E-state index contributed by atoms with van der Waals surface area (Å²) < 4.78 is 41.0. The number of alkyl halides is 1. The molecule has 13 heteroatoms. The van der Waals surface area contributed by atoms with Crippen molar-refractivity contribution in [3.8, 4) is 11.5 Å². The highest BCUT2D eigenvalue weighted by Gasteiger charge is 2.65. The summed E-state index contributed by atoms with van der Waals surface area (Å²) in [6.07, 6.45) is 7.87. The molecule has 0 radical (unpaired) electrons. The van der Waals surface area contributed by atoms with Crippen LogP contribution in [0, 0.1) is 30.5 Å². The molecule has 64 heavy (non-hydrogen) atoms. The van der Waals surface area contributed by atoms with E-state index in [1.807, 2.05) is 67.6 Å². The standard InChI is InChI=1S/C51H59ClFN3O8/c1-3-27-62-51-47(56(50(59)60-28-24-52)32-36-18-20-39(53)21-19-36)31-45(55-63-33-37-13-5-4-6-14-37)43-29-38(15-7-9-25-57)42(17-8-10-26-58)48(49(43)51)44-30-41(22-23-46(44)64-51)61-34-40-16-11-12-35(2)54-40/h3-6,11-14,16,18-23,29-30,38,42,47-49,57-58H,1,7-10,15,17,24-28,31-34H2,2H3. The first kappa shape index (κ1) is 46.7. The van der Waals surface area contributed by atoms with Crippen LogP contribution in [0.15, 0.2) is 120 Å². The number of carbonyl (C=O) groups is 1. The molecule has 4 aromatic rings. The van der Waals surface area contributed by atoms with Crippen LogP contribution in [-0.4, -0.2) is 76.0 Å². The van der Waals surface area contributed by atoms with E-state index in [2.05, 4.69) is 23.7 Å². The van der Waals surface area contributed by atoms with Crippen LogP contribution in [0.2, 0.25) is 0 Å². The average molecular weight is 896 g/mol. The van der Waals surface area contributed by atoms with Crippen LogP contribution >= 0.6 is 11.6 Å². The molecule has 3 aliphatic rings. The van der Waals surface area contributed by atoms with Gasteiger partial charge in [-0.05, 0) is 104 Å². The number of benzene rings is 3. The van der Waals surface area contributed by atoms with E-state index in [1.54, 1.807) is 23.1 Å². The summed E-state index contributed by atoms with van der Waals surface area (Å²) in [5, 5.41) is 24.9. The van der Waals surface area contributed by atoms with Gasteiger partial charge in [0.25, 0.3) is 0 Å². The van der Waals surface area contributed by atoms with E-state index < -0.39 is 29.7 Å². The number of aryl methyl sites for hydroxylation is 1. The molecule has 6 atom stereocenters. The maximum absolute atomic E-state index is 14.5. The first-order valence-electron chi connectivity index (χ1n) is 22.3. The van der Waals surface area contributed by atoms with Crippen molar-refractivity contribution in [2.24, 2.45) is 22.9 Å². The summed E-state index contributed by atoms with van der Waals surface area (Å²) in [5.74, 6) is -1.44. The predicted octanol–water partition coefficient (Wildman–Crippen LogP) is 9.82. The number of amides is 1. The Kier molecular flexibility index (Phi) is 16.5. The van der Waals surface area contributed by atoms with Gasteiger partial charge in [0.05, 0.1) is 29.8 Å². The lowest BCUT2D eigenvalue weighted by Crippen LogP contribution is -2.70. The second-order valence-corrected chi connectivity index (χ2v) is 17.0.